The number of phenols is 1. The molecule has 0 unspecified atom stereocenters. The molecule has 23 heavy (non-hydrogen) atoms. The molecule has 0 aliphatic heterocycles. The van der Waals surface area contributed by atoms with E-state index >= 15 is 0 Å². The van der Waals surface area contributed by atoms with Gasteiger partial charge in [-0.3, -0.25) is 0 Å². The summed E-state index contributed by atoms with van der Waals surface area (Å²) >= 11 is 1.50. The van der Waals surface area contributed by atoms with E-state index in [1.807, 2.05) is 23.6 Å². The van der Waals surface area contributed by atoms with E-state index in [1.54, 1.807) is 38.5 Å². The standard InChI is InChI=1S/C17H16N2O3S/c1-21-13-7-8-14(16(9-13)22-2)15-10-23-17(19-15)18-11-3-5-12(20)6-4-11/h3-10,20H,1-2H3,(H,18,19). The Morgan fingerprint density at radius 1 is 1.04 bits per heavy atom. The smallest absolute Gasteiger partial charge is 0.187 e. The number of hydrogen-bond acceptors (Lipinski definition) is 6. The van der Waals surface area contributed by atoms with Crippen molar-refractivity contribution >= 4 is 22.2 Å². The minimum Gasteiger partial charge on any atom is -0.508 e. The minimum atomic E-state index is 0.235. The maximum atomic E-state index is 9.31. The van der Waals surface area contributed by atoms with Crippen LogP contribution in [0.1, 0.15) is 0 Å². The van der Waals surface area contributed by atoms with Crippen LogP contribution in [0.15, 0.2) is 47.8 Å². The molecule has 2 aromatic carbocycles. The van der Waals surface area contributed by atoms with Gasteiger partial charge in [0, 0.05) is 22.7 Å². The average molecular weight is 328 g/mol. The lowest BCUT2D eigenvalue weighted by Gasteiger charge is -2.08. The zero-order chi connectivity index (χ0) is 16.2. The van der Waals surface area contributed by atoms with Gasteiger partial charge >= 0.3 is 0 Å². The summed E-state index contributed by atoms with van der Waals surface area (Å²) in [7, 11) is 3.25. The summed E-state index contributed by atoms with van der Waals surface area (Å²) in [5.74, 6) is 1.69. The summed E-state index contributed by atoms with van der Waals surface area (Å²) in [5, 5.41) is 15.3. The van der Waals surface area contributed by atoms with Gasteiger partial charge in [-0.25, -0.2) is 4.98 Å². The van der Waals surface area contributed by atoms with Crippen molar-refractivity contribution in [3.63, 3.8) is 0 Å². The normalized spacial score (nSPS) is 10.3. The van der Waals surface area contributed by atoms with E-state index in [0.717, 1.165) is 27.8 Å². The lowest BCUT2D eigenvalue weighted by atomic mass is 10.1. The molecule has 0 atom stereocenters. The number of aromatic hydroxyl groups is 1. The van der Waals surface area contributed by atoms with Crippen molar-refractivity contribution in [2.75, 3.05) is 19.5 Å². The highest BCUT2D eigenvalue weighted by Crippen LogP contribution is 2.35. The van der Waals surface area contributed by atoms with Crippen LogP contribution < -0.4 is 14.8 Å². The quantitative estimate of drug-likeness (QED) is 0.685. The molecule has 0 amide bonds. The molecule has 3 aromatic rings. The van der Waals surface area contributed by atoms with Crippen LogP contribution in [0.5, 0.6) is 17.2 Å². The van der Waals surface area contributed by atoms with Gasteiger partial charge in [-0.05, 0) is 36.4 Å². The Labute approximate surface area is 138 Å². The zero-order valence-corrected chi connectivity index (χ0v) is 13.6. The van der Waals surface area contributed by atoms with E-state index in [1.165, 1.54) is 11.3 Å². The third kappa shape index (κ3) is 3.37. The number of rotatable bonds is 5. The van der Waals surface area contributed by atoms with Crippen LogP contribution in [-0.4, -0.2) is 24.3 Å². The van der Waals surface area contributed by atoms with E-state index < -0.39 is 0 Å². The second-order valence-electron chi connectivity index (χ2n) is 4.78. The molecule has 0 saturated heterocycles. The monoisotopic (exact) mass is 328 g/mol. The predicted octanol–water partition coefficient (Wildman–Crippen LogP) is 4.28. The lowest BCUT2D eigenvalue weighted by molar-refractivity contribution is 0.395. The van der Waals surface area contributed by atoms with Crippen molar-refractivity contribution in [1.29, 1.82) is 0 Å². The topological polar surface area (TPSA) is 63.6 Å². The fourth-order valence-corrected chi connectivity index (χ4v) is 2.86. The molecule has 0 aliphatic rings. The first-order valence-electron chi connectivity index (χ1n) is 6.93. The zero-order valence-electron chi connectivity index (χ0n) is 12.7. The molecule has 5 nitrogen and oxygen atoms in total. The van der Waals surface area contributed by atoms with E-state index in [0.29, 0.717) is 5.75 Å². The molecule has 0 fully saturated rings. The molecular weight excluding hydrogens is 312 g/mol. The lowest BCUT2D eigenvalue weighted by Crippen LogP contribution is -1.92. The molecule has 6 heteroatoms. The second-order valence-corrected chi connectivity index (χ2v) is 5.63. The first-order valence-corrected chi connectivity index (χ1v) is 7.81. The van der Waals surface area contributed by atoms with Gasteiger partial charge in [0.2, 0.25) is 0 Å². The molecule has 0 saturated carbocycles. The summed E-state index contributed by atoms with van der Waals surface area (Å²) in [6.45, 7) is 0. The van der Waals surface area contributed by atoms with Gasteiger partial charge in [-0.15, -0.1) is 11.3 Å². The number of nitrogens with zero attached hydrogens (tertiary/aromatic N) is 1. The molecule has 1 heterocycles. The first kappa shape index (κ1) is 15.2. The molecule has 118 valence electrons. The largest absolute Gasteiger partial charge is 0.508 e. The Morgan fingerprint density at radius 2 is 1.83 bits per heavy atom. The van der Waals surface area contributed by atoms with E-state index in [9.17, 15) is 5.11 Å². The summed E-state index contributed by atoms with van der Waals surface area (Å²) in [5.41, 5.74) is 2.60. The summed E-state index contributed by atoms with van der Waals surface area (Å²) in [6, 6.07) is 12.5. The van der Waals surface area contributed by atoms with Gasteiger partial charge in [0.25, 0.3) is 0 Å². The second kappa shape index (κ2) is 6.58. The molecule has 0 radical (unpaired) electrons. The Kier molecular flexibility index (Phi) is 4.34. The van der Waals surface area contributed by atoms with Crippen LogP contribution >= 0.6 is 11.3 Å². The van der Waals surface area contributed by atoms with Crippen molar-refractivity contribution in [3.05, 3.63) is 47.8 Å². The van der Waals surface area contributed by atoms with Crippen molar-refractivity contribution in [3.8, 4) is 28.5 Å². The highest BCUT2D eigenvalue weighted by atomic mass is 32.1. The van der Waals surface area contributed by atoms with Gasteiger partial charge in [-0.2, -0.15) is 0 Å². The predicted molar refractivity (Wildman–Crippen MR) is 92.0 cm³/mol. The number of ether oxygens (including phenoxy) is 2. The van der Waals surface area contributed by atoms with Gasteiger partial charge in [0.05, 0.1) is 19.9 Å². The molecule has 0 spiro atoms. The molecule has 2 N–H and O–H groups in total. The van der Waals surface area contributed by atoms with Gasteiger partial charge in [0.1, 0.15) is 17.2 Å². The number of anilines is 2. The average Bonchev–Trinajstić information content (AvgIpc) is 3.04. The highest BCUT2D eigenvalue weighted by molar-refractivity contribution is 7.14. The third-order valence-electron chi connectivity index (χ3n) is 3.31. The van der Waals surface area contributed by atoms with Gasteiger partial charge < -0.3 is 19.9 Å². The van der Waals surface area contributed by atoms with Crippen molar-refractivity contribution in [2.24, 2.45) is 0 Å². The number of methoxy groups -OCH3 is 2. The molecule has 0 bridgehead atoms. The summed E-state index contributed by atoms with van der Waals surface area (Å²) < 4.78 is 10.6. The third-order valence-corrected chi connectivity index (χ3v) is 4.07. The molecular formula is C17H16N2O3S. The fourth-order valence-electron chi connectivity index (χ4n) is 2.13. The van der Waals surface area contributed by atoms with E-state index in [-0.39, 0.29) is 5.75 Å². The highest BCUT2D eigenvalue weighted by Gasteiger charge is 2.11. The number of benzene rings is 2. The number of aromatic nitrogens is 1. The maximum absolute atomic E-state index is 9.31. The summed E-state index contributed by atoms with van der Waals surface area (Å²) in [6.07, 6.45) is 0. The van der Waals surface area contributed by atoms with Gasteiger partial charge in [0.15, 0.2) is 5.13 Å². The van der Waals surface area contributed by atoms with E-state index in [4.69, 9.17) is 9.47 Å². The number of thiazole rings is 1. The van der Waals surface area contributed by atoms with Crippen LogP contribution in [0.2, 0.25) is 0 Å². The van der Waals surface area contributed by atoms with Crippen LogP contribution in [0.25, 0.3) is 11.3 Å². The minimum absolute atomic E-state index is 0.235. The maximum Gasteiger partial charge on any atom is 0.187 e. The van der Waals surface area contributed by atoms with Crippen molar-refractivity contribution in [2.45, 2.75) is 0 Å². The number of hydrogen-bond donors (Lipinski definition) is 2. The SMILES string of the molecule is COc1ccc(-c2csc(Nc3ccc(O)cc3)n2)c(OC)c1. The molecule has 3 rings (SSSR count). The van der Waals surface area contributed by atoms with Crippen molar-refractivity contribution < 1.29 is 14.6 Å². The van der Waals surface area contributed by atoms with Gasteiger partial charge in [-0.1, -0.05) is 0 Å². The van der Waals surface area contributed by atoms with Crippen LogP contribution in [0.4, 0.5) is 10.8 Å². The molecule has 1 aromatic heterocycles. The van der Waals surface area contributed by atoms with E-state index in [2.05, 4.69) is 10.3 Å². The van der Waals surface area contributed by atoms with Crippen LogP contribution in [0.3, 0.4) is 0 Å². The number of phenolic OH excluding ortho intramolecular Hbond substituents is 1. The Bertz CT molecular complexity index is 800. The molecule has 0 aliphatic carbocycles. The number of nitrogens with one attached hydrogen (secondary N) is 1. The fraction of sp³-hybridized carbons (Fsp3) is 0.118. The Morgan fingerprint density at radius 3 is 2.52 bits per heavy atom. The summed E-state index contributed by atoms with van der Waals surface area (Å²) in [4.78, 5) is 4.59. The van der Waals surface area contributed by atoms with Crippen molar-refractivity contribution in [1.82, 2.24) is 4.98 Å². The van der Waals surface area contributed by atoms with Crippen LogP contribution in [0, 0.1) is 0 Å². The Hall–Kier alpha value is -2.73. The first-order chi connectivity index (χ1) is 11.2. The van der Waals surface area contributed by atoms with Crippen LogP contribution in [-0.2, 0) is 0 Å². The Balaban J connectivity index is 1.85.